The Morgan fingerprint density at radius 1 is 0.852 bits per heavy atom. The van der Waals surface area contributed by atoms with Crippen LogP contribution in [0.25, 0.3) is 0 Å². The summed E-state index contributed by atoms with van der Waals surface area (Å²) in [5.74, 6) is -0.591. The van der Waals surface area contributed by atoms with E-state index in [0.717, 1.165) is 58.5 Å². The topological polar surface area (TPSA) is 121 Å². The summed E-state index contributed by atoms with van der Waals surface area (Å²) in [4.78, 5) is 55.8. The number of likely N-dealkylation sites (N-methyl/N-ethyl adjacent to an activating group) is 1. The smallest absolute Gasteiger partial charge is 0.414 e. The van der Waals surface area contributed by atoms with Gasteiger partial charge in [-0.1, -0.05) is 71.3 Å². The Kier molecular flexibility index (Phi) is 28.1. The number of anilines is 2. The third-order valence-electron chi connectivity index (χ3n) is 10.2. The summed E-state index contributed by atoms with van der Waals surface area (Å²) in [6, 6.07) is 4.75. The normalized spacial score (nSPS) is 17.0. The van der Waals surface area contributed by atoms with Crippen molar-refractivity contribution in [3.63, 3.8) is 0 Å². The number of morpholine rings is 2. The molecule has 0 N–H and O–H groups in total. The van der Waals surface area contributed by atoms with E-state index >= 15 is 0 Å². The van der Waals surface area contributed by atoms with Crippen molar-refractivity contribution in [2.75, 3.05) is 103 Å². The van der Waals surface area contributed by atoms with Crippen LogP contribution in [0, 0.1) is 5.82 Å². The number of halogens is 1. The largest absolute Gasteiger partial charge is 0.469 e. The number of methoxy groups -OCH3 is 1. The van der Waals surface area contributed by atoms with Crippen LogP contribution in [0.3, 0.4) is 0 Å². The highest BCUT2D eigenvalue weighted by Crippen LogP contribution is 2.29. The summed E-state index contributed by atoms with van der Waals surface area (Å²) in [7, 11) is 4.84. The second kappa shape index (κ2) is 31.4. The number of hydrogen-bond donors (Lipinski definition) is 0. The minimum atomic E-state index is -0.551. The first-order chi connectivity index (χ1) is 29.4. The Bertz CT molecular complexity index is 1550. The maximum Gasteiger partial charge on any atom is 0.414 e. The highest BCUT2D eigenvalue weighted by Gasteiger charge is 2.34. The molecule has 5 rings (SSSR count). The Hall–Kier alpha value is -4.43. The fraction of sp³-hybridized carbons (Fsp3) is 0.660. The number of cyclic esters (lactones) is 1. The van der Waals surface area contributed by atoms with Gasteiger partial charge in [0.15, 0.2) is 0 Å². The molecule has 61 heavy (non-hydrogen) atoms. The van der Waals surface area contributed by atoms with Gasteiger partial charge in [-0.3, -0.25) is 19.3 Å². The Morgan fingerprint density at radius 2 is 1.41 bits per heavy atom. The highest BCUT2D eigenvalue weighted by atomic mass is 19.1. The Morgan fingerprint density at radius 3 is 1.93 bits per heavy atom. The number of rotatable bonds is 14. The summed E-state index contributed by atoms with van der Waals surface area (Å²) in [6.07, 6.45) is 12.1. The first-order valence-corrected chi connectivity index (χ1v) is 22.4. The summed E-state index contributed by atoms with van der Waals surface area (Å²) >= 11 is 0. The van der Waals surface area contributed by atoms with Crippen molar-refractivity contribution in [1.29, 1.82) is 0 Å². The fourth-order valence-electron chi connectivity index (χ4n) is 6.65. The molecular formula is C47H78FN5O8. The molecule has 3 aliphatic heterocycles. The second-order valence-electron chi connectivity index (χ2n) is 14.7. The fourth-order valence-corrected chi connectivity index (χ4v) is 6.65. The Labute approximate surface area is 366 Å². The second-order valence-corrected chi connectivity index (χ2v) is 14.7. The molecule has 346 valence electrons. The van der Waals surface area contributed by atoms with Gasteiger partial charge in [-0.25, -0.2) is 9.18 Å². The molecule has 0 spiro atoms. The summed E-state index contributed by atoms with van der Waals surface area (Å²) in [5, 5.41) is 0. The molecule has 1 aromatic rings. The third-order valence-corrected chi connectivity index (χ3v) is 10.2. The molecule has 1 unspecified atom stereocenters. The number of carbonyl (C=O) groups is 4. The minimum Gasteiger partial charge on any atom is -0.469 e. The number of amides is 3. The van der Waals surface area contributed by atoms with Gasteiger partial charge in [0, 0.05) is 78.7 Å². The maximum absolute atomic E-state index is 14.8. The molecule has 1 aliphatic carbocycles. The number of allylic oxidation sites excluding steroid dienone is 5. The number of unbranched alkanes of at least 4 members (excludes halogenated alkanes) is 2. The minimum absolute atomic E-state index is 0.0582. The van der Waals surface area contributed by atoms with Crippen molar-refractivity contribution in [3.8, 4) is 0 Å². The van der Waals surface area contributed by atoms with Crippen LogP contribution in [0.15, 0.2) is 53.3 Å². The zero-order chi connectivity index (χ0) is 45.7. The van der Waals surface area contributed by atoms with E-state index in [0.29, 0.717) is 63.4 Å². The SMILES string of the molecule is CC.CC.CCC1=CC(C)=CC=C(N2CCOCC2)C1.CCCCN(C)C(=O)CCCCC(=O)N(C)CC1CN(c2ccc(N3CCOCC3)c(F)c2)C(=O)O1.COC(C)=O. The van der Waals surface area contributed by atoms with Crippen molar-refractivity contribution in [2.45, 2.75) is 113 Å². The van der Waals surface area contributed by atoms with Gasteiger partial charge < -0.3 is 38.5 Å². The van der Waals surface area contributed by atoms with E-state index in [1.165, 1.54) is 41.8 Å². The van der Waals surface area contributed by atoms with Gasteiger partial charge in [0.25, 0.3) is 0 Å². The van der Waals surface area contributed by atoms with Gasteiger partial charge in [-0.05, 0) is 56.9 Å². The van der Waals surface area contributed by atoms with Crippen LogP contribution in [-0.2, 0) is 33.3 Å². The van der Waals surface area contributed by atoms with Crippen LogP contribution in [0.4, 0.5) is 20.6 Å². The quantitative estimate of drug-likeness (QED) is 0.133. The number of hydrogen-bond acceptors (Lipinski definition) is 10. The maximum atomic E-state index is 14.8. The van der Waals surface area contributed by atoms with E-state index in [2.05, 4.69) is 48.6 Å². The first-order valence-electron chi connectivity index (χ1n) is 22.4. The van der Waals surface area contributed by atoms with Crippen molar-refractivity contribution in [2.24, 2.45) is 0 Å². The molecule has 1 aromatic carbocycles. The lowest BCUT2D eigenvalue weighted by molar-refractivity contribution is -0.138. The lowest BCUT2D eigenvalue weighted by Crippen LogP contribution is -2.37. The standard InChI is InChI=1S/C26H39FN4O5.C14H21NO.C3H6O2.2C2H6/c1-4-5-12-28(2)24(32)8-6-7-9-25(33)29(3)18-21-19-31(26(34)36-21)20-10-11-23(22(27)17-20)30-13-15-35-16-14-30;1-3-13-10-12(2)4-5-14(11-13)15-6-8-16-9-7-15;1-3(4)5-2;2*1-2/h10-11,17,21H,4-9,12-16,18-19H2,1-3H3;4-5,10H,3,6-9,11H2,1-2H3;1-2H3;2*1-2H3. The number of ether oxygens (including phenoxy) is 4. The van der Waals surface area contributed by atoms with E-state index < -0.39 is 18.0 Å². The van der Waals surface area contributed by atoms with E-state index in [1.54, 1.807) is 29.0 Å². The molecular weight excluding hydrogens is 782 g/mol. The van der Waals surface area contributed by atoms with E-state index in [-0.39, 0.29) is 30.9 Å². The van der Waals surface area contributed by atoms with Crippen molar-refractivity contribution < 1.29 is 42.5 Å². The van der Waals surface area contributed by atoms with E-state index in [1.807, 2.05) is 39.6 Å². The van der Waals surface area contributed by atoms with E-state index in [4.69, 9.17) is 14.2 Å². The van der Waals surface area contributed by atoms with Crippen LogP contribution in [-0.4, -0.2) is 138 Å². The molecule has 0 aromatic heterocycles. The molecule has 13 nitrogen and oxygen atoms in total. The molecule has 0 bridgehead atoms. The van der Waals surface area contributed by atoms with Gasteiger partial charge in [0.1, 0.15) is 11.9 Å². The first kappa shape index (κ1) is 54.6. The van der Waals surface area contributed by atoms with E-state index in [9.17, 15) is 23.6 Å². The van der Waals surface area contributed by atoms with Crippen LogP contribution < -0.4 is 9.80 Å². The predicted molar refractivity (Wildman–Crippen MR) is 243 cm³/mol. The zero-order valence-corrected chi connectivity index (χ0v) is 39.4. The van der Waals surface area contributed by atoms with Crippen LogP contribution in [0.2, 0.25) is 0 Å². The van der Waals surface area contributed by atoms with Crippen molar-refractivity contribution in [3.05, 3.63) is 59.1 Å². The van der Waals surface area contributed by atoms with Gasteiger partial charge >= 0.3 is 12.1 Å². The molecule has 3 saturated heterocycles. The molecule has 1 atom stereocenters. The molecule has 0 radical (unpaired) electrons. The average Bonchev–Trinajstić information content (AvgIpc) is 3.54. The summed E-state index contributed by atoms with van der Waals surface area (Å²) in [6.45, 7) is 23.3. The van der Waals surface area contributed by atoms with Gasteiger partial charge in [-0.2, -0.15) is 0 Å². The van der Waals surface area contributed by atoms with Gasteiger partial charge in [0.05, 0.1) is 58.0 Å². The summed E-state index contributed by atoms with van der Waals surface area (Å²) in [5.41, 5.74) is 5.27. The molecule has 3 heterocycles. The molecule has 3 fully saturated rings. The summed E-state index contributed by atoms with van der Waals surface area (Å²) < 4.78 is 35.1. The Balaban J connectivity index is 0.000000611. The highest BCUT2D eigenvalue weighted by molar-refractivity contribution is 5.90. The number of esters is 1. The molecule has 14 heteroatoms. The lowest BCUT2D eigenvalue weighted by atomic mass is 10.1. The molecule has 3 amide bonds. The number of benzene rings is 1. The number of carbonyl (C=O) groups excluding carboxylic acids is 4. The monoisotopic (exact) mass is 860 g/mol. The van der Waals surface area contributed by atoms with Crippen molar-refractivity contribution >= 4 is 35.3 Å². The van der Waals surface area contributed by atoms with Gasteiger partial charge in [0.2, 0.25) is 11.8 Å². The van der Waals surface area contributed by atoms with Gasteiger partial charge in [-0.15, -0.1) is 0 Å². The predicted octanol–water partition coefficient (Wildman–Crippen LogP) is 8.39. The molecule has 4 aliphatic rings. The number of nitrogens with zero attached hydrogens (tertiary/aromatic N) is 5. The average molecular weight is 860 g/mol. The van der Waals surface area contributed by atoms with Crippen molar-refractivity contribution in [1.82, 2.24) is 14.7 Å². The van der Waals surface area contributed by atoms with Crippen LogP contribution >= 0.6 is 0 Å². The van der Waals surface area contributed by atoms with Crippen LogP contribution in [0.5, 0.6) is 0 Å². The molecule has 0 saturated carbocycles. The zero-order valence-electron chi connectivity index (χ0n) is 39.4. The van der Waals surface area contributed by atoms with Crippen LogP contribution in [0.1, 0.15) is 107 Å². The third kappa shape index (κ3) is 20.3. The lowest BCUT2D eigenvalue weighted by Gasteiger charge is -2.31.